The second kappa shape index (κ2) is 69.6. The lowest BCUT2D eigenvalue weighted by molar-refractivity contribution is -0.161. The van der Waals surface area contributed by atoms with Gasteiger partial charge in [0.25, 0.3) is 0 Å². The van der Waals surface area contributed by atoms with Crippen molar-refractivity contribution >= 4 is 39.5 Å². The van der Waals surface area contributed by atoms with E-state index in [2.05, 4.69) is 149 Å². The van der Waals surface area contributed by atoms with Crippen molar-refractivity contribution in [2.45, 2.75) is 251 Å². The third-order valence-electron chi connectivity index (χ3n) is 13.9. The van der Waals surface area contributed by atoms with Crippen molar-refractivity contribution in [3.05, 3.63) is 182 Å². The number of allylic oxidation sites excluding steroid dienone is 28. The normalized spacial score (nSPS) is 15.1. The zero-order chi connectivity index (χ0) is 71.8. The number of rotatable bonds is 65. The summed E-state index contributed by atoms with van der Waals surface area (Å²) in [5, 5.41) is 10.6. The average molecular weight is 1410 g/mol. The van der Waals surface area contributed by atoms with Gasteiger partial charge in [-0.15, -0.1) is 0 Å². The van der Waals surface area contributed by atoms with E-state index in [1.54, 1.807) is 24.3 Å². The summed E-state index contributed by atoms with van der Waals surface area (Å²) >= 11 is 0. The lowest BCUT2D eigenvalue weighted by Crippen LogP contribution is -2.30. The molecule has 0 aromatic carbocycles. The topological polar surface area (TPSA) is 237 Å². The molecular weight excluding hydrogens is 1280 g/mol. The standard InChI is InChI=1S/C79H124O17P2/c1-5-9-13-17-21-25-29-32-35-36-39-41-45-48-52-56-60-64-77(82)89-69-74(95-78(83)65-61-57-53-49-43-28-24-20-16-12-8-4)71-93-97(85,86)91-67-73(80)68-92-98(87,88)94-72-75(96-79(84)66-62-58-54-50-46-42-38-34-31-27-23-19-15-11-7-3)70-90-76(81)63-59-55-51-47-44-40-37-33-30-26-22-18-14-10-6-2/h9-11,13-15,21-23,25-27,32-35,37-39,41,44,46-48,50,52,55,58-59,62,73-75,80H,5-8,12,16-20,24,28-31,36,40,42-43,45,49,51,53-54,56-57,60-61,63-72H2,1-4H3,(H,85,86)(H,87,88)/b13-9-,14-10-,15-11-,25-21-,26-22-,27-23-,35-32-,37-33-,38-34-,41-39-,47-44-,50-46-,52-48-,59-55-,62-58-. The van der Waals surface area contributed by atoms with Gasteiger partial charge in [-0.2, -0.15) is 0 Å². The summed E-state index contributed by atoms with van der Waals surface area (Å²) in [7, 11) is -10.0. The predicted molar refractivity (Wildman–Crippen MR) is 399 cm³/mol. The maximum Gasteiger partial charge on any atom is 0.472 e. The van der Waals surface area contributed by atoms with E-state index in [4.69, 9.17) is 37.0 Å². The number of carbonyl (C=O) groups excluding carboxylic acids is 4. The summed E-state index contributed by atoms with van der Waals surface area (Å²) in [6.45, 7) is 4.17. The molecule has 0 radical (unpaired) electrons. The van der Waals surface area contributed by atoms with Crippen LogP contribution in [0.4, 0.5) is 0 Å². The van der Waals surface area contributed by atoms with Crippen molar-refractivity contribution in [1.82, 2.24) is 0 Å². The van der Waals surface area contributed by atoms with E-state index in [0.29, 0.717) is 32.1 Å². The number of ether oxygens (including phenoxy) is 4. The van der Waals surface area contributed by atoms with E-state index in [-0.39, 0.29) is 25.7 Å². The molecule has 0 aromatic rings. The number of aliphatic hydroxyl groups is 1. The Bertz CT molecular complexity index is 2580. The van der Waals surface area contributed by atoms with E-state index < -0.39 is 97.5 Å². The minimum atomic E-state index is -5.03. The van der Waals surface area contributed by atoms with Crippen molar-refractivity contribution in [2.75, 3.05) is 39.6 Å². The fourth-order valence-electron chi connectivity index (χ4n) is 8.58. The molecule has 0 fully saturated rings. The van der Waals surface area contributed by atoms with Gasteiger partial charge in [0.15, 0.2) is 12.2 Å². The lowest BCUT2D eigenvalue weighted by atomic mass is 10.1. The predicted octanol–water partition coefficient (Wildman–Crippen LogP) is 20.4. The Kier molecular flexibility index (Phi) is 65.5. The molecule has 3 N–H and O–H groups in total. The van der Waals surface area contributed by atoms with Crippen LogP contribution in [0.15, 0.2) is 182 Å². The molecule has 0 aliphatic rings. The molecule has 0 aromatic heterocycles. The Balaban J connectivity index is 5.53. The van der Waals surface area contributed by atoms with Gasteiger partial charge in [-0.25, -0.2) is 9.13 Å². The number of esters is 4. The highest BCUT2D eigenvalue weighted by Gasteiger charge is 2.30. The number of hydrogen-bond acceptors (Lipinski definition) is 15. The Morgan fingerprint density at radius 1 is 0.306 bits per heavy atom. The lowest BCUT2D eigenvalue weighted by Gasteiger charge is -2.21. The van der Waals surface area contributed by atoms with Gasteiger partial charge in [-0.3, -0.25) is 37.3 Å². The molecule has 0 saturated carbocycles. The second-order valence-electron chi connectivity index (χ2n) is 23.1. The summed E-state index contributed by atoms with van der Waals surface area (Å²) in [4.78, 5) is 72.5. The first kappa shape index (κ1) is 92.2. The van der Waals surface area contributed by atoms with E-state index in [9.17, 15) is 43.2 Å². The molecule has 98 heavy (non-hydrogen) atoms. The number of unbranched alkanes of at least 4 members (excludes halogenated alkanes) is 11. The van der Waals surface area contributed by atoms with Gasteiger partial charge < -0.3 is 33.8 Å². The third kappa shape index (κ3) is 68.7. The van der Waals surface area contributed by atoms with Gasteiger partial charge in [0.1, 0.15) is 19.3 Å². The fraction of sp³-hybridized carbons (Fsp3) is 0.570. The van der Waals surface area contributed by atoms with Crippen molar-refractivity contribution in [3.8, 4) is 0 Å². The van der Waals surface area contributed by atoms with Crippen LogP contribution in [-0.4, -0.2) is 96.7 Å². The summed E-state index contributed by atoms with van der Waals surface area (Å²) in [6.07, 6.45) is 82.6. The van der Waals surface area contributed by atoms with Crippen molar-refractivity contribution in [1.29, 1.82) is 0 Å². The zero-order valence-corrected chi connectivity index (χ0v) is 61.7. The van der Waals surface area contributed by atoms with Crippen LogP contribution in [0.2, 0.25) is 0 Å². The maximum atomic E-state index is 13.0. The molecule has 19 heteroatoms. The minimum absolute atomic E-state index is 0.0735. The van der Waals surface area contributed by atoms with Crippen LogP contribution in [0, 0.1) is 0 Å². The first-order valence-electron chi connectivity index (χ1n) is 36.0. The molecular formula is C79H124O17P2. The van der Waals surface area contributed by atoms with Gasteiger partial charge >= 0.3 is 39.5 Å². The zero-order valence-electron chi connectivity index (χ0n) is 59.9. The summed E-state index contributed by atoms with van der Waals surface area (Å²) in [5.74, 6) is -2.56. The largest absolute Gasteiger partial charge is 0.472 e. The molecule has 0 aliphatic heterocycles. The van der Waals surface area contributed by atoms with Crippen molar-refractivity contribution < 1.29 is 80.2 Å². The van der Waals surface area contributed by atoms with Crippen LogP contribution >= 0.6 is 15.6 Å². The third-order valence-corrected chi connectivity index (χ3v) is 15.8. The molecule has 17 nitrogen and oxygen atoms in total. The van der Waals surface area contributed by atoms with Gasteiger partial charge in [0, 0.05) is 12.8 Å². The molecule has 5 unspecified atom stereocenters. The first-order valence-corrected chi connectivity index (χ1v) is 39.0. The summed E-state index contributed by atoms with van der Waals surface area (Å²) in [5.41, 5.74) is 0. The van der Waals surface area contributed by atoms with Crippen LogP contribution in [0.5, 0.6) is 0 Å². The van der Waals surface area contributed by atoms with Crippen molar-refractivity contribution in [2.24, 2.45) is 0 Å². The maximum absolute atomic E-state index is 13.0. The van der Waals surface area contributed by atoms with E-state index in [1.807, 2.05) is 36.5 Å². The summed E-state index contributed by atoms with van der Waals surface area (Å²) < 4.78 is 68.0. The highest BCUT2D eigenvalue weighted by atomic mass is 31.2. The number of phosphoric ester groups is 2. The number of hydrogen-bond donors (Lipinski definition) is 3. The second-order valence-corrected chi connectivity index (χ2v) is 26.0. The minimum Gasteiger partial charge on any atom is -0.462 e. The number of carbonyl (C=O) groups is 4. The van der Waals surface area contributed by atoms with Gasteiger partial charge in [-0.1, -0.05) is 274 Å². The van der Waals surface area contributed by atoms with Gasteiger partial charge in [0.2, 0.25) is 0 Å². The van der Waals surface area contributed by atoms with Crippen LogP contribution in [0.1, 0.15) is 233 Å². The van der Waals surface area contributed by atoms with Crippen LogP contribution in [0.3, 0.4) is 0 Å². The Morgan fingerprint density at radius 2 is 0.582 bits per heavy atom. The molecule has 0 heterocycles. The smallest absolute Gasteiger partial charge is 0.462 e. The number of phosphoric acid groups is 2. The number of aliphatic hydroxyl groups excluding tert-OH is 1. The van der Waals surface area contributed by atoms with Gasteiger partial charge in [0.05, 0.1) is 39.3 Å². The molecule has 5 atom stereocenters. The molecule has 0 saturated heterocycles. The van der Waals surface area contributed by atoms with Crippen LogP contribution < -0.4 is 0 Å². The first-order chi connectivity index (χ1) is 47.7. The Hall–Kier alpha value is -5.84. The molecule has 552 valence electrons. The molecule has 0 amide bonds. The van der Waals surface area contributed by atoms with E-state index >= 15 is 0 Å². The molecule has 0 spiro atoms. The van der Waals surface area contributed by atoms with Crippen LogP contribution in [-0.2, 0) is 65.4 Å². The van der Waals surface area contributed by atoms with Crippen LogP contribution in [0.25, 0.3) is 0 Å². The van der Waals surface area contributed by atoms with Crippen molar-refractivity contribution in [3.63, 3.8) is 0 Å². The Morgan fingerprint density at radius 3 is 0.939 bits per heavy atom. The molecule has 0 rings (SSSR count). The SMILES string of the molecule is CC/C=C\C/C=C\C/C=C\C/C=C\C/C=C\CCCC(=O)OCC(COP(=O)(O)OCC(O)COP(=O)(O)OCC(COC(=O)C/C=C\C/C=C\C/C=C\C/C=C\C/C=C\CC)OC(=O)C/C=C\C/C=C\C/C=C\C/C=C\C/C=C\CC)OC(=O)CCCCCCCCCCCCC. The molecule has 0 aliphatic carbocycles. The molecule has 0 bridgehead atoms. The highest BCUT2D eigenvalue weighted by Crippen LogP contribution is 2.45. The quantitative estimate of drug-likeness (QED) is 0.0169. The summed E-state index contributed by atoms with van der Waals surface area (Å²) in [6, 6.07) is 0. The Labute approximate surface area is 590 Å². The highest BCUT2D eigenvalue weighted by molar-refractivity contribution is 7.47. The van der Waals surface area contributed by atoms with E-state index in [1.165, 1.54) is 38.5 Å². The van der Waals surface area contributed by atoms with Gasteiger partial charge in [-0.05, 0) is 116 Å². The van der Waals surface area contributed by atoms with E-state index in [0.717, 1.165) is 109 Å². The monoisotopic (exact) mass is 1410 g/mol. The average Bonchev–Trinajstić information content (AvgIpc) is 0.986. The fourth-order valence-corrected chi connectivity index (χ4v) is 10.2.